The Labute approximate surface area is 162 Å². The molecule has 6 nitrogen and oxygen atoms in total. The van der Waals surface area contributed by atoms with Crippen LogP contribution in [0.4, 0.5) is 0 Å². The van der Waals surface area contributed by atoms with Crippen molar-refractivity contribution >= 4 is 52.2 Å². The van der Waals surface area contributed by atoms with Gasteiger partial charge in [0.15, 0.2) is 4.77 Å². The summed E-state index contributed by atoms with van der Waals surface area (Å²) < 4.78 is 11.1. The molecule has 0 spiro atoms. The van der Waals surface area contributed by atoms with Crippen LogP contribution in [-0.4, -0.2) is 29.7 Å². The van der Waals surface area contributed by atoms with Gasteiger partial charge in [0.1, 0.15) is 11.5 Å². The fourth-order valence-electron chi connectivity index (χ4n) is 2.52. The summed E-state index contributed by atoms with van der Waals surface area (Å²) in [7, 11) is 2.91. The second-order valence-electron chi connectivity index (χ2n) is 5.25. The highest BCUT2D eigenvalue weighted by Crippen LogP contribution is 2.27. The van der Waals surface area contributed by atoms with E-state index < -0.39 is 11.5 Å². The monoisotopic (exact) mass is 410 g/mol. The third-order valence-corrected chi connectivity index (χ3v) is 4.57. The summed E-state index contributed by atoms with van der Waals surface area (Å²) in [5, 5.41) is 0.653. The smallest absolute Gasteiger partial charge is 0.270 e. The van der Waals surface area contributed by atoms with Gasteiger partial charge < -0.3 is 14.5 Å². The lowest BCUT2D eigenvalue weighted by molar-refractivity contribution is 0.0950. The molecule has 26 heavy (non-hydrogen) atoms. The lowest BCUT2D eigenvalue weighted by Gasteiger charge is -2.12. The molecule has 0 saturated heterocycles. The molecule has 0 bridgehead atoms. The van der Waals surface area contributed by atoms with Gasteiger partial charge in [0.2, 0.25) is 0 Å². The van der Waals surface area contributed by atoms with Crippen molar-refractivity contribution in [3.05, 3.63) is 61.1 Å². The van der Waals surface area contributed by atoms with Gasteiger partial charge in [0.25, 0.3) is 11.5 Å². The molecule has 0 atom stereocenters. The van der Waals surface area contributed by atoms with E-state index in [9.17, 15) is 9.59 Å². The standard InChI is InChI=1S/C17H12Cl2N2O4S/c1-24-9-3-4-10(13(7-9)25-2)15(22)21-16(23)11-5-8(18)6-12(19)14(11)20-17(21)26/h3-7H,1-2H3,(H,20,26). The summed E-state index contributed by atoms with van der Waals surface area (Å²) in [6, 6.07) is 7.53. The summed E-state index contributed by atoms with van der Waals surface area (Å²) >= 11 is 17.3. The van der Waals surface area contributed by atoms with Crippen LogP contribution in [0.15, 0.2) is 35.1 Å². The molecule has 3 aromatic rings. The number of H-pyrrole nitrogens is 1. The van der Waals surface area contributed by atoms with E-state index in [0.717, 1.165) is 4.57 Å². The molecular weight excluding hydrogens is 399 g/mol. The van der Waals surface area contributed by atoms with Gasteiger partial charge in [0, 0.05) is 11.1 Å². The second-order valence-corrected chi connectivity index (χ2v) is 6.48. The molecule has 0 saturated carbocycles. The van der Waals surface area contributed by atoms with Gasteiger partial charge in [-0.3, -0.25) is 9.59 Å². The molecular formula is C17H12Cl2N2O4S. The molecule has 0 radical (unpaired) electrons. The van der Waals surface area contributed by atoms with Gasteiger partial charge in [0.05, 0.1) is 35.7 Å². The van der Waals surface area contributed by atoms with Crippen LogP contribution in [0.25, 0.3) is 10.9 Å². The molecule has 0 amide bonds. The first kappa shape index (κ1) is 18.4. The largest absolute Gasteiger partial charge is 0.497 e. The van der Waals surface area contributed by atoms with E-state index in [-0.39, 0.29) is 31.5 Å². The van der Waals surface area contributed by atoms with E-state index in [1.165, 1.54) is 32.4 Å². The highest BCUT2D eigenvalue weighted by Gasteiger charge is 2.20. The van der Waals surface area contributed by atoms with Crippen molar-refractivity contribution in [3.8, 4) is 11.5 Å². The molecule has 0 aliphatic carbocycles. The highest BCUT2D eigenvalue weighted by molar-refractivity contribution is 7.71. The number of hydrogen-bond acceptors (Lipinski definition) is 5. The first-order valence-corrected chi connectivity index (χ1v) is 8.44. The van der Waals surface area contributed by atoms with E-state index in [4.69, 9.17) is 44.9 Å². The SMILES string of the molecule is COc1ccc(C(=O)n2c(=S)[nH]c3c(Cl)cc(Cl)cc3c2=O)c(OC)c1. The van der Waals surface area contributed by atoms with Crippen molar-refractivity contribution in [2.75, 3.05) is 14.2 Å². The molecule has 2 aromatic carbocycles. The van der Waals surface area contributed by atoms with Gasteiger partial charge >= 0.3 is 0 Å². The number of fused-ring (bicyclic) bond motifs is 1. The number of nitrogens with zero attached hydrogens (tertiary/aromatic N) is 1. The number of aromatic nitrogens is 2. The third-order valence-electron chi connectivity index (χ3n) is 3.77. The van der Waals surface area contributed by atoms with Crippen molar-refractivity contribution in [3.63, 3.8) is 0 Å². The number of rotatable bonds is 3. The maximum Gasteiger partial charge on any atom is 0.270 e. The van der Waals surface area contributed by atoms with Gasteiger partial charge in [-0.2, -0.15) is 0 Å². The van der Waals surface area contributed by atoms with Crippen LogP contribution in [0.3, 0.4) is 0 Å². The number of ether oxygens (including phenoxy) is 2. The quantitative estimate of drug-likeness (QED) is 0.658. The molecule has 9 heteroatoms. The molecule has 0 aliphatic heterocycles. The van der Waals surface area contributed by atoms with Gasteiger partial charge in [-0.05, 0) is 36.5 Å². The van der Waals surface area contributed by atoms with Crippen LogP contribution >= 0.6 is 35.4 Å². The van der Waals surface area contributed by atoms with Gasteiger partial charge in [-0.1, -0.05) is 23.2 Å². The van der Waals surface area contributed by atoms with Crippen molar-refractivity contribution in [2.24, 2.45) is 0 Å². The Balaban J connectivity index is 2.28. The van der Waals surface area contributed by atoms with Crippen LogP contribution in [0, 0.1) is 4.77 Å². The van der Waals surface area contributed by atoms with Crippen LogP contribution in [0.2, 0.25) is 10.0 Å². The van der Waals surface area contributed by atoms with Crippen molar-refractivity contribution in [1.82, 2.24) is 9.55 Å². The maximum atomic E-state index is 13.0. The molecule has 1 aromatic heterocycles. The third kappa shape index (κ3) is 3.09. The number of aromatic amines is 1. The average molecular weight is 411 g/mol. The van der Waals surface area contributed by atoms with E-state index in [1.807, 2.05) is 0 Å². The predicted octanol–water partition coefficient (Wildman–Crippen LogP) is 4.07. The Kier molecular flexibility index (Phi) is 5.04. The first-order valence-electron chi connectivity index (χ1n) is 7.28. The zero-order chi connectivity index (χ0) is 19.0. The summed E-state index contributed by atoms with van der Waals surface area (Å²) in [5.74, 6) is 0.113. The highest BCUT2D eigenvalue weighted by atomic mass is 35.5. The topological polar surface area (TPSA) is 73.3 Å². The maximum absolute atomic E-state index is 13.0. The van der Waals surface area contributed by atoms with E-state index >= 15 is 0 Å². The van der Waals surface area contributed by atoms with Crippen LogP contribution < -0.4 is 15.0 Å². The summed E-state index contributed by atoms with van der Waals surface area (Å²) in [5.41, 5.74) is -0.157. The number of carbonyl (C=O) groups excluding carboxylic acids is 1. The summed E-state index contributed by atoms with van der Waals surface area (Å²) in [4.78, 5) is 28.6. The van der Waals surface area contributed by atoms with Crippen molar-refractivity contribution in [1.29, 1.82) is 0 Å². The van der Waals surface area contributed by atoms with Crippen LogP contribution in [0.1, 0.15) is 10.4 Å². The van der Waals surface area contributed by atoms with E-state index in [0.29, 0.717) is 11.3 Å². The molecule has 3 rings (SSSR count). The van der Waals surface area contributed by atoms with Gasteiger partial charge in [-0.15, -0.1) is 0 Å². The fraction of sp³-hybridized carbons (Fsp3) is 0.118. The Bertz CT molecular complexity index is 1150. The number of hydrogen-bond donors (Lipinski definition) is 1. The Morgan fingerprint density at radius 1 is 1.15 bits per heavy atom. The number of benzene rings is 2. The Morgan fingerprint density at radius 3 is 2.54 bits per heavy atom. The second kappa shape index (κ2) is 7.11. The zero-order valence-corrected chi connectivity index (χ0v) is 16.0. The molecule has 1 N–H and O–H groups in total. The fourth-order valence-corrected chi connectivity index (χ4v) is 3.33. The molecule has 0 fully saturated rings. The lowest BCUT2D eigenvalue weighted by atomic mass is 10.1. The minimum atomic E-state index is -0.645. The Hall–Kier alpha value is -2.35. The molecule has 0 unspecified atom stereocenters. The summed E-state index contributed by atoms with van der Waals surface area (Å²) in [6.45, 7) is 0. The van der Waals surface area contributed by atoms with Gasteiger partial charge in [-0.25, -0.2) is 4.57 Å². The number of nitrogens with one attached hydrogen (secondary N) is 1. The van der Waals surface area contributed by atoms with Crippen molar-refractivity contribution < 1.29 is 14.3 Å². The normalized spacial score (nSPS) is 10.8. The van der Waals surface area contributed by atoms with E-state index in [2.05, 4.69) is 4.98 Å². The lowest BCUT2D eigenvalue weighted by Crippen LogP contribution is -2.29. The molecule has 0 aliphatic rings. The minimum absolute atomic E-state index is 0.0883. The van der Waals surface area contributed by atoms with E-state index in [1.54, 1.807) is 12.1 Å². The number of methoxy groups -OCH3 is 2. The van der Waals surface area contributed by atoms with Crippen LogP contribution in [0.5, 0.6) is 11.5 Å². The number of halogens is 2. The predicted molar refractivity (Wildman–Crippen MR) is 103 cm³/mol. The Morgan fingerprint density at radius 2 is 1.88 bits per heavy atom. The first-order chi connectivity index (χ1) is 12.4. The average Bonchev–Trinajstić information content (AvgIpc) is 2.62. The van der Waals surface area contributed by atoms with Crippen molar-refractivity contribution in [2.45, 2.75) is 0 Å². The molecule has 134 valence electrons. The number of carbonyl (C=O) groups is 1. The summed E-state index contributed by atoms with van der Waals surface area (Å²) in [6.07, 6.45) is 0. The minimum Gasteiger partial charge on any atom is -0.497 e. The zero-order valence-electron chi connectivity index (χ0n) is 13.6. The van der Waals surface area contributed by atoms with Crippen LogP contribution in [-0.2, 0) is 0 Å². The molecule has 1 heterocycles.